The van der Waals surface area contributed by atoms with E-state index in [4.69, 9.17) is 4.74 Å². The molecule has 0 aromatic heterocycles. The topological polar surface area (TPSA) is 24.5 Å². The molecule has 3 heteroatoms. The Morgan fingerprint density at radius 2 is 1.95 bits per heavy atom. The maximum absolute atomic E-state index is 5.22. The van der Waals surface area contributed by atoms with E-state index < -0.39 is 0 Å². The zero-order valence-corrected chi connectivity index (χ0v) is 13.4. The number of benzene rings is 1. The highest BCUT2D eigenvalue weighted by atomic mass is 16.5. The molecule has 1 N–H and O–H groups in total. The van der Waals surface area contributed by atoms with Gasteiger partial charge in [0.2, 0.25) is 0 Å². The molecule has 0 aliphatic carbocycles. The first kappa shape index (κ1) is 17.2. The van der Waals surface area contributed by atoms with Crippen LogP contribution in [0.25, 0.3) is 0 Å². The van der Waals surface area contributed by atoms with Crippen molar-refractivity contribution in [1.29, 1.82) is 0 Å². The van der Waals surface area contributed by atoms with Crippen LogP contribution in [0.2, 0.25) is 0 Å². The fraction of sp³-hybridized carbons (Fsp3) is 0.647. The molecule has 0 heterocycles. The Morgan fingerprint density at radius 3 is 2.55 bits per heavy atom. The van der Waals surface area contributed by atoms with Gasteiger partial charge in [-0.25, -0.2) is 0 Å². The number of hydrogen-bond acceptors (Lipinski definition) is 3. The summed E-state index contributed by atoms with van der Waals surface area (Å²) in [4.78, 5) is 2.37. The van der Waals surface area contributed by atoms with Gasteiger partial charge in [-0.05, 0) is 38.9 Å². The Kier molecular flexibility index (Phi) is 8.51. The highest BCUT2D eigenvalue weighted by Gasteiger charge is 2.14. The molecule has 2 unspecified atom stereocenters. The second-order valence-electron chi connectivity index (χ2n) is 5.49. The van der Waals surface area contributed by atoms with Crippen LogP contribution in [0.4, 0.5) is 0 Å². The van der Waals surface area contributed by atoms with E-state index in [1.54, 1.807) is 7.11 Å². The molecule has 0 aliphatic heterocycles. The summed E-state index contributed by atoms with van der Waals surface area (Å²) in [6, 6.07) is 11.6. The molecule has 0 amide bonds. The lowest BCUT2D eigenvalue weighted by Crippen LogP contribution is -2.35. The summed E-state index contributed by atoms with van der Waals surface area (Å²) in [5.74, 6) is 0. The Labute approximate surface area is 124 Å². The number of hydrogen-bond donors (Lipinski definition) is 1. The van der Waals surface area contributed by atoms with Crippen molar-refractivity contribution < 1.29 is 4.74 Å². The third-order valence-corrected chi connectivity index (χ3v) is 3.77. The Balaban J connectivity index is 2.53. The van der Waals surface area contributed by atoms with E-state index in [9.17, 15) is 0 Å². The summed E-state index contributed by atoms with van der Waals surface area (Å²) < 4.78 is 5.22. The summed E-state index contributed by atoms with van der Waals surface area (Å²) in [5, 5.41) is 3.65. The SMILES string of the molecule is CCCNC(CCN(C)C(C)COC)c1ccccc1. The van der Waals surface area contributed by atoms with Gasteiger partial charge in [0.05, 0.1) is 6.61 Å². The first-order valence-corrected chi connectivity index (χ1v) is 7.66. The summed E-state index contributed by atoms with van der Waals surface area (Å²) in [6.45, 7) is 7.34. The lowest BCUT2D eigenvalue weighted by molar-refractivity contribution is 0.113. The molecule has 0 bridgehead atoms. The minimum atomic E-state index is 0.438. The highest BCUT2D eigenvalue weighted by Crippen LogP contribution is 2.17. The van der Waals surface area contributed by atoms with E-state index in [2.05, 4.69) is 61.4 Å². The van der Waals surface area contributed by atoms with Crippen molar-refractivity contribution in [3.05, 3.63) is 35.9 Å². The normalized spacial score (nSPS) is 14.4. The summed E-state index contributed by atoms with van der Waals surface area (Å²) in [6.07, 6.45) is 2.29. The Bertz CT molecular complexity index is 342. The van der Waals surface area contributed by atoms with Crippen molar-refractivity contribution in [3.8, 4) is 0 Å². The minimum Gasteiger partial charge on any atom is -0.383 e. The van der Waals surface area contributed by atoms with Crippen LogP contribution >= 0.6 is 0 Å². The van der Waals surface area contributed by atoms with Crippen LogP contribution in [0.15, 0.2) is 30.3 Å². The highest BCUT2D eigenvalue weighted by molar-refractivity contribution is 5.18. The molecule has 0 fully saturated rings. The molecule has 0 saturated carbocycles. The molecular formula is C17H30N2O. The van der Waals surface area contributed by atoms with Crippen LogP contribution in [0.5, 0.6) is 0 Å². The molecule has 0 saturated heterocycles. The molecule has 2 atom stereocenters. The number of nitrogens with one attached hydrogen (secondary N) is 1. The quantitative estimate of drug-likeness (QED) is 0.712. The van der Waals surface area contributed by atoms with Crippen molar-refractivity contribution in [2.24, 2.45) is 0 Å². The van der Waals surface area contributed by atoms with Gasteiger partial charge >= 0.3 is 0 Å². The standard InChI is InChI=1S/C17H30N2O/c1-5-12-18-17(16-9-7-6-8-10-16)11-13-19(3)15(2)14-20-4/h6-10,15,17-18H,5,11-14H2,1-4H3. The van der Waals surface area contributed by atoms with Gasteiger partial charge in [0, 0.05) is 25.7 Å². The van der Waals surface area contributed by atoms with Crippen LogP contribution in [0, 0.1) is 0 Å². The Morgan fingerprint density at radius 1 is 1.25 bits per heavy atom. The Hall–Kier alpha value is -0.900. The van der Waals surface area contributed by atoms with Crippen LogP contribution < -0.4 is 5.32 Å². The van der Waals surface area contributed by atoms with Crippen LogP contribution in [0.1, 0.15) is 38.3 Å². The fourth-order valence-electron chi connectivity index (χ4n) is 2.31. The maximum Gasteiger partial charge on any atom is 0.0615 e. The van der Waals surface area contributed by atoms with E-state index in [0.29, 0.717) is 12.1 Å². The van der Waals surface area contributed by atoms with E-state index in [1.165, 1.54) is 12.0 Å². The molecule has 20 heavy (non-hydrogen) atoms. The average Bonchev–Trinajstić information content (AvgIpc) is 2.48. The first-order chi connectivity index (χ1) is 9.69. The van der Waals surface area contributed by atoms with E-state index in [1.807, 2.05) is 0 Å². The lowest BCUT2D eigenvalue weighted by Gasteiger charge is -2.27. The molecule has 1 aromatic carbocycles. The van der Waals surface area contributed by atoms with Gasteiger partial charge in [0.1, 0.15) is 0 Å². The smallest absolute Gasteiger partial charge is 0.0615 e. The van der Waals surface area contributed by atoms with Gasteiger partial charge in [0.25, 0.3) is 0 Å². The van der Waals surface area contributed by atoms with E-state index in [0.717, 1.165) is 26.1 Å². The number of methoxy groups -OCH3 is 1. The van der Waals surface area contributed by atoms with Crippen LogP contribution in [-0.2, 0) is 4.74 Å². The molecule has 0 spiro atoms. The van der Waals surface area contributed by atoms with Gasteiger partial charge in [-0.15, -0.1) is 0 Å². The average molecular weight is 278 g/mol. The molecule has 0 radical (unpaired) electrons. The first-order valence-electron chi connectivity index (χ1n) is 7.66. The van der Waals surface area contributed by atoms with Crippen LogP contribution in [0.3, 0.4) is 0 Å². The van der Waals surface area contributed by atoms with Crippen molar-refractivity contribution >= 4 is 0 Å². The predicted molar refractivity (Wildman–Crippen MR) is 86.1 cm³/mol. The molecule has 0 aliphatic rings. The number of nitrogens with zero attached hydrogens (tertiary/aromatic N) is 1. The third-order valence-electron chi connectivity index (χ3n) is 3.77. The van der Waals surface area contributed by atoms with Crippen molar-refractivity contribution in [3.63, 3.8) is 0 Å². The lowest BCUT2D eigenvalue weighted by atomic mass is 10.0. The summed E-state index contributed by atoms with van der Waals surface area (Å²) >= 11 is 0. The maximum atomic E-state index is 5.22. The molecule has 1 aromatic rings. The molecule has 114 valence electrons. The van der Waals surface area contributed by atoms with Crippen molar-refractivity contribution in [1.82, 2.24) is 10.2 Å². The second kappa shape index (κ2) is 9.92. The van der Waals surface area contributed by atoms with Crippen LogP contribution in [-0.4, -0.2) is 44.8 Å². The second-order valence-corrected chi connectivity index (χ2v) is 5.49. The van der Waals surface area contributed by atoms with Crippen molar-refractivity contribution in [2.45, 2.75) is 38.8 Å². The number of ether oxygens (including phenoxy) is 1. The summed E-state index contributed by atoms with van der Waals surface area (Å²) in [7, 11) is 3.94. The number of rotatable bonds is 10. The van der Waals surface area contributed by atoms with E-state index in [-0.39, 0.29) is 0 Å². The van der Waals surface area contributed by atoms with Gasteiger partial charge < -0.3 is 15.0 Å². The number of likely N-dealkylation sites (N-methyl/N-ethyl adjacent to an activating group) is 1. The molecule has 1 rings (SSSR count). The molecule has 3 nitrogen and oxygen atoms in total. The van der Waals surface area contributed by atoms with Gasteiger partial charge in [-0.2, -0.15) is 0 Å². The molecular weight excluding hydrogens is 248 g/mol. The third kappa shape index (κ3) is 6.04. The van der Waals surface area contributed by atoms with Gasteiger partial charge in [0.15, 0.2) is 0 Å². The zero-order valence-electron chi connectivity index (χ0n) is 13.4. The van der Waals surface area contributed by atoms with E-state index >= 15 is 0 Å². The summed E-state index contributed by atoms with van der Waals surface area (Å²) in [5.41, 5.74) is 1.38. The van der Waals surface area contributed by atoms with Gasteiger partial charge in [-0.1, -0.05) is 37.3 Å². The van der Waals surface area contributed by atoms with Crippen molar-refractivity contribution in [2.75, 3.05) is 33.9 Å². The zero-order chi connectivity index (χ0) is 14.8. The predicted octanol–water partition coefficient (Wildman–Crippen LogP) is 3.08. The monoisotopic (exact) mass is 278 g/mol. The largest absolute Gasteiger partial charge is 0.383 e. The van der Waals surface area contributed by atoms with Gasteiger partial charge in [-0.3, -0.25) is 0 Å². The fourth-order valence-corrected chi connectivity index (χ4v) is 2.31. The minimum absolute atomic E-state index is 0.438.